The lowest BCUT2D eigenvalue weighted by Crippen LogP contribution is -2.50. The van der Waals surface area contributed by atoms with Crippen LogP contribution in [0.15, 0.2) is 29.4 Å². The Morgan fingerprint density at radius 2 is 1.96 bits per heavy atom. The molecule has 1 aliphatic carbocycles. The van der Waals surface area contributed by atoms with Crippen LogP contribution in [0.25, 0.3) is 0 Å². The fraction of sp³-hybridized carbons (Fsp3) is 0.600. The van der Waals surface area contributed by atoms with Gasteiger partial charge in [0.1, 0.15) is 5.75 Å². The van der Waals surface area contributed by atoms with Crippen LogP contribution in [0.1, 0.15) is 44.1 Å². The molecular weight excluding hydrogens is 374 g/mol. The number of likely N-dealkylation sites (tertiary alicyclic amines) is 1. The number of rotatable bonds is 6. The van der Waals surface area contributed by atoms with Crippen LogP contribution in [-0.2, 0) is 11.3 Å². The monoisotopic (exact) mass is 401 g/mol. The number of hydrogen-bond acceptors (Lipinski definition) is 6. The average molecular weight is 402 g/mol. The van der Waals surface area contributed by atoms with Crippen molar-refractivity contribution in [3.63, 3.8) is 0 Å². The molecule has 1 aromatic carbocycles. The molecule has 0 N–H and O–H groups in total. The van der Waals surface area contributed by atoms with E-state index in [2.05, 4.69) is 20.4 Å². The van der Waals surface area contributed by atoms with Crippen LogP contribution in [0, 0.1) is 5.92 Å². The van der Waals surface area contributed by atoms with E-state index < -0.39 is 0 Å². The molecule has 4 rings (SSSR count). The minimum absolute atomic E-state index is 0.223. The van der Waals surface area contributed by atoms with Crippen LogP contribution in [-0.4, -0.2) is 56.5 Å². The van der Waals surface area contributed by atoms with E-state index >= 15 is 0 Å². The fourth-order valence-electron chi connectivity index (χ4n) is 4.45. The number of nitrogens with zero attached hydrogens (tertiary/aromatic N) is 5. The Morgan fingerprint density at radius 3 is 2.79 bits per heavy atom. The quantitative estimate of drug-likeness (QED) is 0.693. The highest BCUT2D eigenvalue weighted by molar-refractivity contribution is 7.99. The lowest BCUT2D eigenvalue weighted by molar-refractivity contribution is -0.134. The zero-order chi connectivity index (χ0) is 19.3. The van der Waals surface area contributed by atoms with Crippen molar-refractivity contribution in [3.8, 4) is 5.75 Å². The van der Waals surface area contributed by atoms with E-state index in [1.807, 2.05) is 24.3 Å². The third-order valence-corrected chi connectivity index (χ3v) is 6.82. The summed E-state index contributed by atoms with van der Waals surface area (Å²) in [7, 11) is 1.65. The van der Waals surface area contributed by atoms with Crippen molar-refractivity contribution < 1.29 is 9.53 Å². The summed E-state index contributed by atoms with van der Waals surface area (Å²) in [5.74, 6) is 2.15. The molecule has 2 heterocycles. The fourth-order valence-corrected chi connectivity index (χ4v) is 5.21. The number of benzene rings is 1. The second-order valence-corrected chi connectivity index (χ2v) is 8.54. The smallest absolute Gasteiger partial charge is 0.233 e. The Hall–Kier alpha value is -2.09. The van der Waals surface area contributed by atoms with Crippen molar-refractivity contribution in [1.82, 2.24) is 25.1 Å². The van der Waals surface area contributed by atoms with Gasteiger partial charge in [0.05, 0.1) is 19.4 Å². The SMILES string of the molecule is COc1ccc(Cn2nnnc2SCC(=O)N2CCC[C@H]3CCCC[C@H]32)cc1. The number of aromatic nitrogens is 4. The van der Waals surface area contributed by atoms with Crippen molar-refractivity contribution in [2.24, 2.45) is 5.92 Å². The Kier molecular flexibility index (Phi) is 6.14. The maximum Gasteiger partial charge on any atom is 0.233 e. The van der Waals surface area contributed by atoms with Crippen molar-refractivity contribution in [2.75, 3.05) is 19.4 Å². The largest absolute Gasteiger partial charge is 0.497 e. The number of amides is 1. The molecule has 1 saturated heterocycles. The second kappa shape index (κ2) is 8.94. The number of tetrazole rings is 1. The van der Waals surface area contributed by atoms with Gasteiger partial charge in [0.25, 0.3) is 0 Å². The number of thioether (sulfide) groups is 1. The zero-order valence-corrected chi connectivity index (χ0v) is 17.1. The number of carbonyl (C=O) groups is 1. The van der Waals surface area contributed by atoms with E-state index in [0.717, 1.165) is 30.7 Å². The molecule has 0 unspecified atom stereocenters. The van der Waals surface area contributed by atoms with Gasteiger partial charge < -0.3 is 9.64 Å². The first-order chi connectivity index (χ1) is 13.7. The Bertz CT molecular complexity index is 792. The summed E-state index contributed by atoms with van der Waals surface area (Å²) in [6.45, 7) is 1.47. The van der Waals surface area contributed by atoms with Gasteiger partial charge in [-0.15, -0.1) is 5.10 Å². The van der Waals surface area contributed by atoms with Gasteiger partial charge in [0, 0.05) is 12.6 Å². The predicted octanol–water partition coefficient (Wildman–Crippen LogP) is 3.00. The molecule has 150 valence electrons. The van der Waals surface area contributed by atoms with E-state index in [1.165, 1.54) is 37.4 Å². The number of fused-ring (bicyclic) bond motifs is 1. The van der Waals surface area contributed by atoms with Gasteiger partial charge in [-0.3, -0.25) is 4.79 Å². The third-order valence-electron chi connectivity index (χ3n) is 5.88. The molecule has 1 aliphatic heterocycles. The predicted molar refractivity (Wildman–Crippen MR) is 107 cm³/mol. The summed E-state index contributed by atoms with van der Waals surface area (Å²) in [5.41, 5.74) is 1.09. The molecule has 1 aromatic heterocycles. The van der Waals surface area contributed by atoms with Gasteiger partial charge >= 0.3 is 0 Å². The van der Waals surface area contributed by atoms with Gasteiger partial charge in [-0.05, 0) is 59.7 Å². The number of piperidine rings is 1. The molecule has 8 heteroatoms. The van der Waals surface area contributed by atoms with Crippen molar-refractivity contribution in [1.29, 1.82) is 0 Å². The first-order valence-electron chi connectivity index (χ1n) is 10.1. The molecule has 7 nitrogen and oxygen atoms in total. The van der Waals surface area contributed by atoms with Gasteiger partial charge in [0.2, 0.25) is 11.1 Å². The molecule has 1 saturated carbocycles. The maximum absolute atomic E-state index is 12.9. The number of methoxy groups -OCH3 is 1. The summed E-state index contributed by atoms with van der Waals surface area (Å²) in [5, 5.41) is 12.7. The second-order valence-electron chi connectivity index (χ2n) is 7.60. The highest BCUT2D eigenvalue weighted by atomic mass is 32.2. The molecule has 0 radical (unpaired) electrons. The summed E-state index contributed by atoms with van der Waals surface area (Å²) in [6.07, 6.45) is 7.42. The van der Waals surface area contributed by atoms with Crippen molar-refractivity contribution in [2.45, 2.75) is 56.3 Å². The van der Waals surface area contributed by atoms with E-state index in [4.69, 9.17) is 4.74 Å². The van der Waals surface area contributed by atoms with Crippen LogP contribution in [0.5, 0.6) is 5.75 Å². The average Bonchev–Trinajstić information content (AvgIpc) is 3.19. The van der Waals surface area contributed by atoms with E-state index in [1.54, 1.807) is 11.8 Å². The Labute approximate surface area is 169 Å². The first kappa shape index (κ1) is 19.2. The lowest BCUT2D eigenvalue weighted by Gasteiger charge is -2.44. The normalized spacial score (nSPS) is 22.0. The Morgan fingerprint density at radius 1 is 1.18 bits per heavy atom. The first-order valence-corrected chi connectivity index (χ1v) is 11.0. The van der Waals surface area contributed by atoms with Gasteiger partial charge in [-0.25, -0.2) is 4.68 Å². The summed E-state index contributed by atoms with van der Waals surface area (Å²) < 4.78 is 6.94. The number of hydrogen-bond donors (Lipinski definition) is 0. The molecule has 2 aromatic rings. The molecular formula is C20H27N5O2S. The molecule has 0 spiro atoms. The summed E-state index contributed by atoms with van der Waals surface area (Å²) >= 11 is 1.43. The van der Waals surface area contributed by atoms with Crippen LogP contribution >= 0.6 is 11.8 Å². The molecule has 2 aliphatic rings. The molecule has 2 atom stereocenters. The molecule has 2 fully saturated rings. The lowest BCUT2D eigenvalue weighted by atomic mass is 9.78. The van der Waals surface area contributed by atoms with Crippen molar-refractivity contribution >= 4 is 17.7 Å². The number of carbonyl (C=O) groups excluding carboxylic acids is 1. The third kappa shape index (κ3) is 4.32. The Balaban J connectivity index is 1.36. The van der Waals surface area contributed by atoms with Gasteiger partial charge in [-0.1, -0.05) is 36.7 Å². The van der Waals surface area contributed by atoms with E-state index in [9.17, 15) is 4.79 Å². The molecule has 0 bridgehead atoms. The standard InChI is InChI=1S/C20H27N5O2S/c1-27-17-10-8-15(9-11-17)13-25-20(21-22-23-25)28-14-19(26)24-12-4-6-16-5-2-3-7-18(16)24/h8-11,16,18H,2-7,12-14H2,1H3/t16-,18-/m1/s1. The highest BCUT2D eigenvalue weighted by Crippen LogP contribution is 2.35. The highest BCUT2D eigenvalue weighted by Gasteiger charge is 2.35. The maximum atomic E-state index is 12.9. The molecule has 28 heavy (non-hydrogen) atoms. The van der Waals surface area contributed by atoms with E-state index in [-0.39, 0.29) is 5.91 Å². The summed E-state index contributed by atoms with van der Waals surface area (Å²) in [4.78, 5) is 15.0. The topological polar surface area (TPSA) is 73.1 Å². The zero-order valence-electron chi connectivity index (χ0n) is 16.3. The minimum atomic E-state index is 0.223. The number of ether oxygens (including phenoxy) is 1. The van der Waals surface area contributed by atoms with E-state index in [0.29, 0.717) is 29.4 Å². The van der Waals surface area contributed by atoms with Gasteiger partial charge in [0.15, 0.2) is 0 Å². The minimum Gasteiger partial charge on any atom is -0.497 e. The summed E-state index contributed by atoms with van der Waals surface area (Å²) in [6, 6.07) is 8.29. The van der Waals surface area contributed by atoms with Crippen LogP contribution < -0.4 is 4.74 Å². The van der Waals surface area contributed by atoms with Crippen molar-refractivity contribution in [3.05, 3.63) is 29.8 Å². The van der Waals surface area contributed by atoms with Crippen LogP contribution in [0.4, 0.5) is 0 Å². The van der Waals surface area contributed by atoms with Crippen LogP contribution in [0.2, 0.25) is 0 Å². The van der Waals surface area contributed by atoms with Gasteiger partial charge in [-0.2, -0.15) is 0 Å². The van der Waals surface area contributed by atoms with Crippen LogP contribution in [0.3, 0.4) is 0 Å². The molecule has 1 amide bonds.